The van der Waals surface area contributed by atoms with E-state index in [9.17, 15) is 9.59 Å². The minimum atomic E-state index is -0.614. The number of rotatable bonds is 6. The van der Waals surface area contributed by atoms with Gasteiger partial charge in [0.15, 0.2) is 5.17 Å². The van der Waals surface area contributed by atoms with Crippen LogP contribution in [0.15, 0.2) is 50.0 Å². The highest BCUT2D eigenvalue weighted by atomic mass is 32.2. The predicted octanol–water partition coefficient (Wildman–Crippen LogP) is 2.48. The Kier molecular flexibility index (Phi) is 6.45. The van der Waals surface area contributed by atoms with Crippen molar-refractivity contribution in [3.8, 4) is 5.75 Å². The Labute approximate surface area is 170 Å². The number of carbonyl (C=O) groups excluding carboxylic acids is 2. The zero-order valence-electron chi connectivity index (χ0n) is 16.0. The summed E-state index contributed by atoms with van der Waals surface area (Å²) in [5.74, 6) is 0.282. The maximum absolute atomic E-state index is 11.8. The molecule has 29 heavy (non-hydrogen) atoms. The molecule has 0 spiro atoms. The van der Waals surface area contributed by atoms with E-state index in [1.54, 1.807) is 0 Å². The number of thioether (sulfide) groups is 1. The van der Waals surface area contributed by atoms with Crippen molar-refractivity contribution >= 4 is 35.0 Å². The lowest BCUT2D eigenvalue weighted by atomic mass is 10.2. The number of methoxy groups -OCH3 is 1. The van der Waals surface area contributed by atoms with Crippen molar-refractivity contribution in [2.45, 2.75) is 20.5 Å². The second kappa shape index (κ2) is 9.20. The molecule has 1 fully saturated rings. The zero-order chi connectivity index (χ0) is 20.8. The standard InChI is InChI=1S/C19H18N4O5S/c1-11-14(12(2)28-23-11)10-27-15-7-5-4-6-13(15)9-20-22-19-21-18(25)16(29-19)8-17(24)26-3/h4-9H,10H2,1-3H3,(H,21,22,25)/b16-8+,20-9?. The van der Waals surface area contributed by atoms with Crippen LogP contribution in [-0.2, 0) is 20.9 Å². The first-order valence-corrected chi connectivity index (χ1v) is 9.33. The quantitative estimate of drug-likeness (QED) is 0.334. The van der Waals surface area contributed by atoms with Crippen LogP contribution in [0.2, 0.25) is 0 Å². The molecule has 1 aliphatic rings. The Morgan fingerprint density at radius 2 is 2.14 bits per heavy atom. The number of ether oxygens (including phenoxy) is 2. The van der Waals surface area contributed by atoms with E-state index >= 15 is 0 Å². The smallest absolute Gasteiger partial charge is 0.331 e. The van der Waals surface area contributed by atoms with E-state index < -0.39 is 11.9 Å². The van der Waals surface area contributed by atoms with Crippen LogP contribution in [0, 0.1) is 13.8 Å². The van der Waals surface area contributed by atoms with Crippen molar-refractivity contribution in [1.82, 2.24) is 10.5 Å². The number of carbonyl (C=O) groups is 2. The van der Waals surface area contributed by atoms with Crippen molar-refractivity contribution in [3.05, 3.63) is 57.8 Å². The van der Waals surface area contributed by atoms with Gasteiger partial charge in [-0.25, -0.2) is 4.79 Å². The van der Waals surface area contributed by atoms with Crippen molar-refractivity contribution < 1.29 is 23.6 Å². The number of aromatic nitrogens is 1. The molecule has 0 saturated carbocycles. The topological polar surface area (TPSA) is 115 Å². The summed E-state index contributed by atoms with van der Waals surface area (Å²) in [7, 11) is 1.24. The first-order valence-electron chi connectivity index (χ1n) is 8.51. The van der Waals surface area contributed by atoms with E-state index in [0.717, 1.165) is 29.1 Å². The van der Waals surface area contributed by atoms with Gasteiger partial charge in [0, 0.05) is 11.6 Å². The van der Waals surface area contributed by atoms with Crippen molar-refractivity contribution in [3.63, 3.8) is 0 Å². The molecule has 3 rings (SSSR count). The van der Waals surface area contributed by atoms with Gasteiger partial charge in [-0.15, -0.1) is 5.10 Å². The number of amidine groups is 1. The molecule has 2 heterocycles. The molecule has 1 aromatic carbocycles. The number of aryl methyl sites for hydroxylation is 2. The molecule has 1 aromatic heterocycles. The van der Waals surface area contributed by atoms with Crippen LogP contribution >= 0.6 is 11.8 Å². The molecule has 10 heteroatoms. The molecule has 0 unspecified atom stereocenters. The van der Waals surface area contributed by atoms with E-state index in [-0.39, 0.29) is 10.1 Å². The summed E-state index contributed by atoms with van der Waals surface area (Å²) in [6, 6.07) is 7.34. The van der Waals surface area contributed by atoms with Crippen LogP contribution in [-0.4, -0.2) is 35.5 Å². The SMILES string of the molecule is COC(=O)/C=C1/S/C(=N\N=Cc2ccccc2OCc2c(C)noc2C)NC1=O. The lowest BCUT2D eigenvalue weighted by Gasteiger charge is -2.08. The molecule has 0 radical (unpaired) electrons. The predicted molar refractivity (Wildman–Crippen MR) is 108 cm³/mol. The fourth-order valence-corrected chi connectivity index (χ4v) is 3.10. The lowest BCUT2D eigenvalue weighted by Crippen LogP contribution is -2.19. The number of nitrogens with zero attached hydrogens (tertiary/aromatic N) is 3. The Morgan fingerprint density at radius 1 is 1.34 bits per heavy atom. The molecule has 0 bridgehead atoms. The minimum Gasteiger partial charge on any atom is -0.488 e. The molecule has 1 saturated heterocycles. The Balaban J connectivity index is 1.69. The van der Waals surface area contributed by atoms with Gasteiger partial charge in [0.2, 0.25) is 0 Å². The van der Waals surface area contributed by atoms with E-state index in [4.69, 9.17) is 9.26 Å². The molecule has 1 amide bonds. The van der Waals surface area contributed by atoms with Gasteiger partial charge in [-0.2, -0.15) is 5.10 Å². The molecular weight excluding hydrogens is 396 g/mol. The number of hydrogen-bond acceptors (Lipinski definition) is 9. The van der Waals surface area contributed by atoms with Crippen LogP contribution in [0.1, 0.15) is 22.6 Å². The summed E-state index contributed by atoms with van der Waals surface area (Å²) in [4.78, 5) is 23.3. The third-order valence-electron chi connectivity index (χ3n) is 3.92. The molecule has 1 aliphatic heterocycles. The number of hydrogen-bond donors (Lipinski definition) is 1. The van der Waals surface area contributed by atoms with Crippen LogP contribution in [0.3, 0.4) is 0 Å². The summed E-state index contributed by atoms with van der Waals surface area (Å²) in [6.07, 6.45) is 2.62. The van der Waals surface area contributed by atoms with Gasteiger partial charge in [-0.1, -0.05) is 17.3 Å². The summed E-state index contributed by atoms with van der Waals surface area (Å²) in [5, 5.41) is 14.7. The van der Waals surface area contributed by atoms with Crippen molar-refractivity contribution in [2.75, 3.05) is 7.11 Å². The number of nitrogens with one attached hydrogen (secondary N) is 1. The van der Waals surface area contributed by atoms with Crippen LogP contribution in [0.4, 0.5) is 0 Å². The summed E-state index contributed by atoms with van der Waals surface area (Å²) in [6.45, 7) is 4.00. The molecule has 150 valence electrons. The molecule has 2 aromatic rings. The largest absolute Gasteiger partial charge is 0.488 e. The van der Waals surface area contributed by atoms with Gasteiger partial charge in [-0.05, 0) is 37.7 Å². The van der Waals surface area contributed by atoms with Gasteiger partial charge in [0.1, 0.15) is 18.1 Å². The van der Waals surface area contributed by atoms with Crippen LogP contribution < -0.4 is 10.1 Å². The monoisotopic (exact) mass is 414 g/mol. The average Bonchev–Trinajstić information content (AvgIpc) is 3.22. The second-order valence-corrected chi connectivity index (χ2v) is 6.90. The van der Waals surface area contributed by atoms with Crippen LogP contribution in [0.25, 0.3) is 0 Å². The average molecular weight is 414 g/mol. The third-order valence-corrected chi connectivity index (χ3v) is 4.82. The van der Waals surface area contributed by atoms with Gasteiger partial charge < -0.3 is 14.0 Å². The summed E-state index contributed by atoms with van der Waals surface area (Å²) in [5.41, 5.74) is 2.39. The zero-order valence-corrected chi connectivity index (χ0v) is 16.8. The highest BCUT2D eigenvalue weighted by Gasteiger charge is 2.25. The van der Waals surface area contributed by atoms with Crippen molar-refractivity contribution in [1.29, 1.82) is 0 Å². The second-order valence-electron chi connectivity index (χ2n) is 5.87. The van der Waals surface area contributed by atoms with Gasteiger partial charge in [-0.3, -0.25) is 10.1 Å². The molecule has 0 atom stereocenters. The van der Waals surface area contributed by atoms with E-state index in [0.29, 0.717) is 23.7 Å². The number of para-hydroxylation sites is 1. The van der Waals surface area contributed by atoms with E-state index in [2.05, 4.69) is 25.4 Å². The van der Waals surface area contributed by atoms with E-state index in [1.807, 2.05) is 38.1 Å². The third kappa shape index (κ3) is 5.11. The normalized spacial score (nSPS) is 16.6. The lowest BCUT2D eigenvalue weighted by molar-refractivity contribution is -0.135. The Hall–Kier alpha value is -3.40. The first-order chi connectivity index (χ1) is 14.0. The first kappa shape index (κ1) is 20.3. The highest BCUT2D eigenvalue weighted by Crippen LogP contribution is 2.24. The maximum atomic E-state index is 11.8. The van der Waals surface area contributed by atoms with Crippen molar-refractivity contribution in [2.24, 2.45) is 10.2 Å². The molecular formula is C19H18N4O5S. The maximum Gasteiger partial charge on any atom is 0.331 e. The fourth-order valence-electron chi connectivity index (χ4n) is 2.36. The molecule has 0 aliphatic carbocycles. The van der Waals surface area contributed by atoms with E-state index in [1.165, 1.54) is 13.3 Å². The molecule has 1 N–H and O–H groups in total. The fraction of sp³-hybridized carbons (Fsp3) is 0.211. The Morgan fingerprint density at radius 3 is 2.86 bits per heavy atom. The Bertz CT molecular complexity index is 1010. The summed E-state index contributed by atoms with van der Waals surface area (Å²) >= 11 is 1.00. The van der Waals surface area contributed by atoms with Gasteiger partial charge in [0.05, 0.1) is 29.5 Å². The van der Waals surface area contributed by atoms with Gasteiger partial charge >= 0.3 is 5.97 Å². The molecule has 9 nitrogen and oxygen atoms in total. The summed E-state index contributed by atoms with van der Waals surface area (Å²) < 4.78 is 15.5. The van der Waals surface area contributed by atoms with Crippen LogP contribution in [0.5, 0.6) is 5.75 Å². The van der Waals surface area contributed by atoms with Gasteiger partial charge in [0.25, 0.3) is 5.91 Å². The highest BCUT2D eigenvalue weighted by molar-refractivity contribution is 8.18. The number of benzene rings is 1. The number of amides is 1. The minimum absolute atomic E-state index is 0.189. The number of esters is 1.